The Labute approximate surface area is 206 Å². The summed E-state index contributed by atoms with van der Waals surface area (Å²) in [5.74, 6) is 0.277. The van der Waals surface area contributed by atoms with Crippen molar-refractivity contribution in [2.45, 2.75) is 57.7 Å². The van der Waals surface area contributed by atoms with E-state index in [0.717, 1.165) is 55.7 Å². The number of anilines is 2. The van der Waals surface area contributed by atoms with Crippen molar-refractivity contribution in [3.63, 3.8) is 0 Å². The number of aryl methyl sites for hydroxylation is 3. The first-order valence-corrected chi connectivity index (χ1v) is 12.3. The second-order valence-corrected chi connectivity index (χ2v) is 9.06. The van der Waals surface area contributed by atoms with Gasteiger partial charge in [0.05, 0.1) is 6.61 Å². The molecule has 2 aromatic heterocycles. The number of alkyl halides is 1. The molecule has 0 fully saturated rings. The molecule has 0 bridgehead atoms. The number of methoxy groups -OCH3 is 1. The third kappa shape index (κ3) is 9.03. The van der Waals surface area contributed by atoms with E-state index in [0.29, 0.717) is 19.5 Å². The van der Waals surface area contributed by atoms with E-state index in [1.54, 1.807) is 12.4 Å². The summed E-state index contributed by atoms with van der Waals surface area (Å²) in [6.07, 6.45) is 7.26. The fraction of sp³-hybridized carbons (Fsp3) is 0.600. The van der Waals surface area contributed by atoms with E-state index in [4.69, 9.17) is 9.72 Å². The summed E-state index contributed by atoms with van der Waals surface area (Å²) < 4.78 is 19.3. The van der Waals surface area contributed by atoms with Crippen molar-refractivity contribution in [3.8, 4) is 0 Å². The van der Waals surface area contributed by atoms with Crippen LogP contribution in [0.2, 0.25) is 0 Å². The number of hydrogen-bond acceptors (Lipinski definition) is 8. The van der Waals surface area contributed by atoms with Gasteiger partial charge in [0.1, 0.15) is 18.0 Å². The van der Waals surface area contributed by atoms with Gasteiger partial charge < -0.3 is 25.4 Å². The lowest BCUT2D eigenvalue weighted by Gasteiger charge is -2.25. The van der Waals surface area contributed by atoms with Gasteiger partial charge in [0.15, 0.2) is 0 Å². The number of fused-ring (bicyclic) bond motifs is 1. The Bertz CT molecular complexity index is 930. The van der Waals surface area contributed by atoms with Gasteiger partial charge in [0.25, 0.3) is 0 Å². The molecule has 1 aliphatic heterocycles. The number of aromatic nitrogens is 3. The zero-order valence-electron chi connectivity index (χ0n) is 20.7. The third-order valence-corrected chi connectivity index (χ3v) is 6.03. The highest BCUT2D eigenvalue weighted by molar-refractivity contribution is 5.76. The third-order valence-electron chi connectivity index (χ3n) is 6.03. The number of rotatable bonds is 15. The van der Waals surface area contributed by atoms with Crippen LogP contribution in [0.4, 0.5) is 16.2 Å². The summed E-state index contributed by atoms with van der Waals surface area (Å²) in [5.41, 5.74) is 3.22. The molecule has 3 rings (SSSR count). The fourth-order valence-electron chi connectivity index (χ4n) is 4.15. The molecule has 2 aromatic rings. The molecule has 2 atom stereocenters. The molecule has 35 heavy (non-hydrogen) atoms. The highest BCUT2D eigenvalue weighted by Gasteiger charge is 2.21. The van der Waals surface area contributed by atoms with Crippen molar-refractivity contribution in [3.05, 3.63) is 41.3 Å². The van der Waals surface area contributed by atoms with Crippen LogP contribution in [0.25, 0.3) is 0 Å². The van der Waals surface area contributed by atoms with Crippen molar-refractivity contribution < 1.29 is 19.0 Å². The molecule has 192 valence electrons. The van der Waals surface area contributed by atoms with E-state index in [1.165, 1.54) is 12.7 Å². The van der Waals surface area contributed by atoms with Gasteiger partial charge in [-0.25, -0.2) is 24.1 Å². The van der Waals surface area contributed by atoms with Gasteiger partial charge in [-0.15, -0.1) is 0 Å². The summed E-state index contributed by atoms with van der Waals surface area (Å²) in [6.45, 7) is 4.14. The first kappa shape index (κ1) is 26.7. The smallest absolute Gasteiger partial charge is 0.326 e. The molecule has 0 spiro atoms. The predicted molar refractivity (Wildman–Crippen MR) is 134 cm³/mol. The number of nitrogens with zero attached hydrogens (tertiary/aromatic N) is 4. The van der Waals surface area contributed by atoms with Crippen LogP contribution < -0.4 is 10.6 Å². The Balaban J connectivity index is 1.50. The van der Waals surface area contributed by atoms with E-state index >= 15 is 0 Å². The number of halogens is 1. The summed E-state index contributed by atoms with van der Waals surface area (Å²) in [4.78, 5) is 26.8. The number of unbranched alkanes of at least 4 members (excludes halogenated alkanes) is 1. The average molecular weight is 489 g/mol. The molecule has 9 nitrogen and oxygen atoms in total. The van der Waals surface area contributed by atoms with E-state index in [2.05, 4.69) is 32.7 Å². The number of nitrogens with one attached hydrogen (secondary N) is 2. The van der Waals surface area contributed by atoms with Crippen LogP contribution in [0.5, 0.6) is 0 Å². The zero-order valence-corrected chi connectivity index (χ0v) is 20.7. The van der Waals surface area contributed by atoms with E-state index < -0.39 is 18.2 Å². The zero-order chi connectivity index (χ0) is 25.0. The lowest BCUT2D eigenvalue weighted by molar-refractivity contribution is -0.138. The lowest BCUT2D eigenvalue weighted by Crippen LogP contribution is -2.39. The lowest BCUT2D eigenvalue weighted by atomic mass is 10.1. The number of hydrogen-bond donors (Lipinski definition) is 3. The maximum absolute atomic E-state index is 14.3. The molecule has 0 saturated carbocycles. The molecule has 0 aromatic carbocycles. The molecule has 3 heterocycles. The minimum atomic E-state index is -1.13. The molecule has 10 heteroatoms. The molecule has 3 N–H and O–H groups in total. The number of aliphatic carboxylic acids is 1. The van der Waals surface area contributed by atoms with Crippen LogP contribution in [0.3, 0.4) is 0 Å². The monoisotopic (exact) mass is 488 g/mol. The summed E-state index contributed by atoms with van der Waals surface area (Å²) in [7, 11) is 1.48. The van der Waals surface area contributed by atoms with Gasteiger partial charge in [0, 0.05) is 44.8 Å². The Morgan fingerprint density at radius 3 is 2.83 bits per heavy atom. The topological polar surface area (TPSA) is 113 Å². The molecule has 1 aliphatic rings. The van der Waals surface area contributed by atoms with Gasteiger partial charge in [-0.3, -0.25) is 0 Å². The van der Waals surface area contributed by atoms with Crippen molar-refractivity contribution in [1.29, 1.82) is 0 Å². The molecular formula is C25H37FN6O3. The SMILES string of the molecule is COCC(F)CN(CCCCc1ccc2c(n1)NCCC2)CCC(Nc1ncc(C)cn1)C(=O)O. The van der Waals surface area contributed by atoms with E-state index in [1.807, 2.05) is 11.8 Å². The second-order valence-electron chi connectivity index (χ2n) is 9.06. The minimum absolute atomic E-state index is 0.0142. The van der Waals surface area contributed by atoms with Crippen LogP contribution >= 0.6 is 0 Å². The summed E-state index contributed by atoms with van der Waals surface area (Å²) in [5, 5.41) is 15.9. The van der Waals surface area contributed by atoms with Gasteiger partial charge in [-0.2, -0.15) is 0 Å². The predicted octanol–water partition coefficient (Wildman–Crippen LogP) is 3.10. The maximum Gasteiger partial charge on any atom is 0.326 e. The minimum Gasteiger partial charge on any atom is -0.480 e. The number of ether oxygens (including phenoxy) is 1. The average Bonchev–Trinajstić information content (AvgIpc) is 2.85. The van der Waals surface area contributed by atoms with Gasteiger partial charge in [-0.05, 0) is 69.2 Å². The molecule has 0 amide bonds. The normalized spacial score (nSPS) is 14.7. The highest BCUT2D eigenvalue weighted by atomic mass is 19.1. The van der Waals surface area contributed by atoms with Crippen molar-refractivity contribution in [2.24, 2.45) is 0 Å². The van der Waals surface area contributed by atoms with Crippen LogP contribution in [-0.2, 0) is 22.4 Å². The van der Waals surface area contributed by atoms with Gasteiger partial charge in [-0.1, -0.05) is 6.07 Å². The Hall–Kier alpha value is -2.85. The van der Waals surface area contributed by atoms with Crippen LogP contribution in [0.15, 0.2) is 24.5 Å². The van der Waals surface area contributed by atoms with Crippen LogP contribution in [0.1, 0.15) is 42.5 Å². The highest BCUT2D eigenvalue weighted by Crippen LogP contribution is 2.20. The van der Waals surface area contributed by atoms with E-state index in [9.17, 15) is 14.3 Å². The quantitative estimate of drug-likeness (QED) is 0.326. The molecule has 0 radical (unpaired) electrons. The molecular weight excluding hydrogens is 451 g/mol. The summed E-state index contributed by atoms with van der Waals surface area (Å²) >= 11 is 0. The number of carboxylic acids is 1. The fourth-order valence-corrected chi connectivity index (χ4v) is 4.15. The number of carboxylic acid groups (broad SMARTS) is 1. The van der Waals surface area contributed by atoms with Crippen molar-refractivity contribution in [1.82, 2.24) is 19.9 Å². The van der Waals surface area contributed by atoms with E-state index in [-0.39, 0.29) is 19.1 Å². The standard InChI is InChI=1S/C25H37FN6O3/c1-18-14-28-25(29-15-18)31-22(24(33)34)10-13-32(16-20(26)17-35-2)12-4-3-7-21-9-8-19-6-5-11-27-23(19)30-21/h8-9,14-15,20,22H,3-7,10-13,16-17H2,1-2H3,(H,27,30)(H,33,34)(H,28,29,31). The summed E-state index contributed by atoms with van der Waals surface area (Å²) in [6, 6.07) is 3.38. The first-order chi connectivity index (χ1) is 16.9. The Morgan fingerprint density at radius 2 is 2.09 bits per heavy atom. The number of pyridine rings is 1. The van der Waals surface area contributed by atoms with Crippen molar-refractivity contribution in [2.75, 3.05) is 50.5 Å². The molecule has 2 unspecified atom stereocenters. The van der Waals surface area contributed by atoms with Crippen LogP contribution in [0, 0.1) is 6.92 Å². The molecule has 0 aliphatic carbocycles. The Morgan fingerprint density at radius 1 is 1.29 bits per heavy atom. The van der Waals surface area contributed by atoms with Gasteiger partial charge >= 0.3 is 5.97 Å². The second kappa shape index (κ2) is 13.9. The molecule has 0 saturated heterocycles. The Kier molecular flexibility index (Phi) is 10.6. The van der Waals surface area contributed by atoms with Crippen LogP contribution in [-0.4, -0.2) is 83.0 Å². The number of carbonyl (C=O) groups is 1. The first-order valence-electron chi connectivity index (χ1n) is 12.3. The maximum atomic E-state index is 14.3. The largest absolute Gasteiger partial charge is 0.480 e. The van der Waals surface area contributed by atoms with Gasteiger partial charge in [0.2, 0.25) is 5.95 Å². The van der Waals surface area contributed by atoms with Crippen molar-refractivity contribution >= 4 is 17.7 Å².